The van der Waals surface area contributed by atoms with E-state index in [-0.39, 0.29) is 0 Å². The fourth-order valence-corrected chi connectivity index (χ4v) is 1.97. The van der Waals surface area contributed by atoms with Crippen molar-refractivity contribution >= 4 is 5.82 Å². The van der Waals surface area contributed by atoms with Gasteiger partial charge >= 0.3 is 0 Å². The van der Waals surface area contributed by atoms with Gasteiger partial charge in [0.15, 0.2) is 5.82 Å². The highest BCUT2D eigenvalue weighted by Gasteiger charge is 2.05. The first-order valence-electron chi connectivity index (χ1n) is 8.03. The first-order valence-corrected chi connectivity index (χ1v) is 8.03. The minimum atomic E-state index is 0.397. The molecular weight excluding hydrogens is 266 g/mol. The topological polar surface area (TPSA) is 56.3 Å². The van der Waals surface area contributed by atoms with Gasteiger partial charge in [0.1, 0.15) is 12.4 Å². The van der Waals surface area contributed by atoms with Crippen molar-refractivity contribution in [2.75, 3.05) is 25.6 Å². The summed E-state index contributed by atoms with van der Waals surface area (Å²) in [5.74, 6) is 2.09. The molecule has 21 heavy (non-hydrogen) atoms. The van der Waals surface area contributed by atoms with Gasteiger partial charge in [-0.2, -0.15) is 4.98 Å². The van der Waals surface area contributed by atoms with Gasteiger partial charge in [-0.1, -0.05) is 39.5 Å². The van der Waals surface area contributed by atoms with Crippen molar-refractivity contribution < 1.29 is 9.47 Å². The van der Waals surface area contributed by atoms with Crippen LogP contribution in [-0.4, -0.2) is 30.2 Å². The molecule has 0 bridgehead atoms. The summed E-state index contributed by atoms with van der Waals surface area (Å²) < 4.78 is 10.9. The summed E-state index contributed by atoms with van der Waals surface area (Å²) in [4.78, 5) is 8.77. The molecule has 0 unspecified atom stereocenters. The van der Waals surface area contributed by atoms with Crippen LogP contribution in [0.15, 0.2) is 6.07 Å². The maximum absolute atomic E-state index is 5.75. The first-order chi connectivity index (χ1) is 10.3. The average molecular weight is 295 g/mol. The Morgan fingerprint density at radius 3 is 2.57 bits per heavy atom. The largest absolute Gasteiger partial charge is 0.478 e. The molecule has 0 fully saturated rings. The average Bonchev–Trinajstić information content (AvgIpc) is 2.49. The molecule has 1 aromatic heterocycles. The Morgan fingerprint density at radius 2 is 1.86 bits per heavy atom. The van der Waals surface area contributed by atoms with E-state index in [0.29, 0.717) is 24.9 Å². The number of hydrogen-bond donors (Lipinski definition) is 1. The van der Waals surface area contributed by atoms with Gasteiger partial charge in [0.2, 0.25) is 5.88 Å². The van der Waals surface area contributed by atoms with Crippen LogP contribution in [0.1, 0.15) is 58.2 Å². The van der Waals surface area contributed by atoms with Crippen molar-refractivity contribution in [3.05, 3.63) is 11.9 Å². The van der Waals surface area contributed by atoms with Crippen LogP contribution in [0.3, 0.4) is 0 Å². The molecule has 0 aliphatic carbocycles. The molecule has 120 valence electrons. The van der Waals surface area contributed by atoms with Crippen LogP contribution in [0.25, 0.3) is 0 Å². The number of methoxy groups -OCH3 is 1. The number of nitrogens with one attached hydrogen (secondary N) is 1. The summed E-state index contributed by atoms with van der Waals surface area (Å²) in [6, 6.07) is 1.86. The van der Waals surface area contributed by atoms with E-state index >= 15 is 0 Å². The van der Waals surface area contributed by atoms with E-state index in [0.717, 1.165) is 25.2 Å². The molecule has 0 radical (unpaired) electrons. The molecule has 5 heteroatoms. The number of ether oxygens (including phenoxy) is 2. The predicted molar refractivity (Wildman–Crippen MR) is 85.8 cm³/mol. The van der Waals surface area contributed by atoms with Crippen LogP contribution < -0.4 is 10.1 Å². The molecule has 1 rings (SSSR count). The van der Waals surface area contributed by atoms with Crippen LogP contribution in [0.4, 0.5) is 5.82 Å². The van der Waals surface area contributed by atoms with Crippen LogP contribution >= 0.6 is 0 Å². The van der Waals surface area contributed by atoms with E-state index in [9.17, 15) is 0 Å². The van der Waals surface area contributed by atoms with E-state index < -0.39 is 0 Å². The van der Waals surface area contributed by atoms with E-state index in [4.69, 9.17) is 9.47 Å². The Kier molecular flexibility index (Phi) is 9.53. The predicted octanol–water partition coefficient (Wildman–Crippen LogP) is 3.79. The fourth-order valence-electron chi connectivity index (χ4n) is 1.97. The second-order valence-corrected chi connectivity index (χ2v) is 5.13. The summed E-state index contributed by atoms with van der Waals surface area (Å²) in [5, 5.41) is 3.27. The monoisotopic (exact) mass is 295 g/mol. The van der Waals surface area contributed by atoms with Gasteiger partial charge < -0.3 is 14.8 Å². The van der Waals surface area contributed by atoms with Gasteiger partial charge in [-0.05, 0) is 12.8 Å². The lowest BCUT2D eigenvalue weighted by Gasteiger charge is -2.10. The van der Waals surface area contributed by atoms with E-state index in [1.807, 2.05) is 6.07 Å². The minimum absolute atomic E-state index is 0.397. The highest BCUT2D eigenvalue weighted by Crippen LogP contribution is 2.15. The first kappa shape index (κ1) is 17.7. The van der Waals surface area contributed by atoms with Crippen LogP contribution in [0, 0.1) is 0 Å². The second kappa shape index (κ2) is 11.3. The van der Waals surface area contributed by atoms with E-state index in [2.05, 4.69) is 29.1 Å². The normalized spacial score (nSPS) is 10.6. The lowest BCUT2D eigenvalue weighted by molar-refractivity contribution is 0.176. The van der Waals surface area contributed by atoms with Gasteiger partial charge in [0, 0.05) is 19.7 Å². The third kappa shape index (κ3) is 7.85. The maximum Gasteiger partial charge on any atom is 0.218 e. The van der Waals surface area contributed by atoms with Crippen LogP contribution in [0.2, 0.25) is 0 Å². The molecule has 0 spiro atoms. The molecule has 0 aromatic carbocycles. The molecule has 5 nitrogen and oxygen atoms in total. The summed E-state index contributed by atoms with van der Waals surface area (Å²) in [6.07, 6.45) is 7.18. The summed E-state index contributed by atoms with van der Waals surface area (Å²) in [7, 11) is 1.64. The highest BCUT2D eigenvalue weighted by molar-refractivity contribution is 5.38. The standard InChI is InChI=1S/C16H29N3O2/c1-4-6-7-8-9-11-21-16-12-14(17-10-5-2)18-15(19-16)13-20-3/h12H,4-11,13H2,1-3H3,(H,17,18,19). The Bertz CT molecular complexity index is 386. The van der Waals surface area contributed by atoms with Crippen molar-refractivity contribution in [2.45, 2.75) is 59.0 Å². The number of rotatable bonds is 12. The van der Waals surface area contributed by atoms with E-state index in [1.165, 1.54) is 25.7 Å². The molecule has 1 aromatic rings. The third-order valence-corrected chi connectivity index (χ3v) is 3.08. The Balaban J connectivity index is 2.48. The molecule has 1 N–H and O–H groups in total. The molecule has 0 saturated heterocycles. The third-order valence-electron chi connectivity index (χ3n) is 3.08. The molecule has 0 saturated carbocycles. The van der Waals surface area contributed by atoms with Crippen LogP contribution in [-0.2, 0) is 11.3 Å². The second-order valence-electron chi connectivity index (χ2n) is 5.13. The minimum Gasteiger partial charge on any atom is -0.478 e. The van der Waals surface area contributed by atoms with Gasteiger partial charge in [0.05, 0.1) is 6.61 Å². The smallest absolute Gasteiger partial charge is 0.218 e. The zero-order chi connectivity index (χ0) is 15.3. The van der Waals surface area contributed by atoms with Crippen LogP contribution in [0.5, 0.6) is 5.88 Å². The van der Waals surface area contributed by atoms with Gasteiger partial charge in [0.25, 0.3) is 0 Å². The molecule has 0 aliphatic heterocycles. The molecule has 0 aliphatic rings. The zero-order valence-electron chi connectivity index (χ0n) is 13.7. The fraction of sp³-hybridized carbons (Fsp3) is 0.750. The summed E-state index contributed by atoms with van der Waals surface area (Å²) in [6.45, 7) is 6.34. The summed E-state index contributed by atoms with van der Waals surface area (Å²) in [5.41, 5.74) is 0. The Morgan fingerprint density at radius 1 is 1.05 bits per heavy atom. The number of nitrogens with zero attached hydrogens (tertiary/aromatic N) is 2. The van der Waals surface area contributed by atoms with Crippen molar-refractivity contribution in [1.29, 1.82) is 0 Å². The van der Waals surface area contributed by atoms with Gasteiger partial charge in [-0.3, -0.25) is 0 Å². The van der Waals surface area contributed by atoms with Crippen molar-refractivity contribution in [3.8, 4) is 5.88 Å². The molecular formula is C16H29N3O2. The van der Waals surface area contributed by atoms with Crippen molar-refractivity contribution in [3.63, 3.8) is 0 Å². The lowest BCUT2D eigenvalue weighted by atomic mass is 10.2. The maximum atomic E-state index is 5.75. The van der Waals surface area contributed by atoms with Crippen molar-refractivity contribution in [1.82, 2.24) is 9.97 Å². The Hall–Kier alpha value is -1.36. The zero-order valence-corrected chi connectivity index (χ0v) is 13.7. The Labute approximate surface area is 128 Å². The SMILES string of the molecule is CCCCCCCOc1cc(NCCC)nc(COC)n1. The van der Waals surface area contributed by atoms with Gasteiger partial charge in [-0.15, -0.1) is 0 Å². The number of hydrogen-bond acceptors (Lipinski definition) is 5. The van der Waals surface area contributed by atoms with Gasteiger partial charge in [-0.25, -0.2) is 4.98 Å². The number of unbranched alkanes of at least 4 members (excludes halogenated alkanes) is 4. The van der Waals surface area contributed by atoms with E-state index in [1.54, 1.807) is 7.11 Å². The molecule has 0 atom stereocenters. The molecule has 1 heterocycles. The molecule has 0 amide bonds. The van der Waals surface area contributed by atoms with Crippen molar-refractivity contribution in [2.24, 2.45) is 0 Å². The number of aromatic nitrogens is 2. The lowest BCUT2D eigenvalue weighted by Crippen LogP contribution is -2.08. The summed E-state index contributed by atoms with van der Waals surface area (Å²) >= 11 is 0. The number of anilines is 1. The highest BCUT2D eigenvalue weighted by atomic mass is 16.5. The quantitative estimate of drug-likeness (QED) is 0.594.